The molecule has 0 bridgehead atoms. The summed E-state index contributed by atoms with van der Waals surface area (Å²) in [6, 6.07) is 7.34. The molecule has 1 aromatic heterocycles. The van der Waals surface area contributed by atoms with Crippen LogP contribution in [0.1, 0.15) is 10.7 Å². The molecule has 24 heavy (non-hydrogen) atoms. The van der Waals surface area contributed by atoms with E-state index < -0.39 is 0 Å². The van der Waals surface area contributed by atoms with E-state index in [4.69, 9.17) is 9.47 Å². The Balaban J connectivity index is 1.66. The Hall–Kier alpha value is -2.12. The maximum Gasteiger partial charge on any atom is 0.226 e. The van der Waals surface area contributed by atoms with Crippen molar-refractivity contribution >= 4 is 17.2 Å². The minimum atomic E-state index is -0.0463. The van der Waals surface area contributed by atoms with Gasteiger partial charge in [-0.3, -0.25) is 4.79 Å². The SMILES string of the molecule is COc1ccc(OCCNC(=O)Cc2csc(CN(C)C)n2)cc1. The van der Waals surface area contributed by atoms with Crippen molar-refractivity contribution in [2.75, 3.05) is 34.4 Å². The Kier molecular flexibility index (Phi) is 7.02. The molecule has 0 atom stereocenters. The summed E-state index contributed by atoms with van der Waals surface area (Å²) in [7, 11) is 5.62. The Morgan fingerprint density at radius 1 is 1.25 bits per heavy atom. The molecular formula is C17H23N3O3S. The smallest absolute Gasteiger partial charge is 0.226 e. The molecule has 6 nitrogen and oxygen atoms in total. The number of hydrogen-bond acceptors (Lipinski definition) is 6. The van der Waals surface area contributed by atoms with E-state index in [9.17, 15) is 4.79 Å². The van der Waals surface area contributed by atoms with Crippen molar-refractivity contribution in [3.8, 4) is 11.5 Å². The highest BCUT2D eigenvalue weighted by atomic mass is 32.1. The highest BCUT2D eigenvalue weighted by Gasteiger charge is 2.08. The van der Waals surface area contributed by atoms with Gasteiger partial charge < -0.3 is 19.7 Å². The monoisotopic (exact) mass is 349 g/mol. The molecule has 0 saturated carbocycles. The third-order valence-electron chi connectivity index (χ3n) is 3.14. The van der Waals surface area contributed by atoms with Crippen LogP contribution < -0.4 is 14.8 Å². The zero-order chi connectivity index (χ0) is 17.4. The molecule has 0 aliphatic carbocycles. The molecule has 1 aromatic carbocycles. The van der Waals surface area contributed by atoms with Gasteiger partial charge in [0.1, 0.15) is 23.1 Å². The van der Waals surface area contributed by atoms with E-state index in [0.29, 0.717) is 19.6 Å². The van der Waals surface area contributed by atoms with Crippen molar-refractivity contribution < 1.29 is 14.3 Å². The number of benzene rings is 1. The highest BCUT2D eigenvalue weighted by Crippen LogP contribution is 2.16. The van der Waals surface area contributed by atoms with Crippen LogP contribution in [0.15, 0.2) is 29.6 Å². The van der Waals surface area contributed by atoms with Gasteiger partial charge in [-0.05, 0) is 38.4 Å². The van der Waals surface area contributed by atoms with Crippen LogP contribution in [0.2, 0.25) is 0 Å². The number of aromatic nitrogens is 1. The average molecular weight is 349 g/mol. The minimum Gasteiger partial charge on any atom is -0.497 e. The van der Waals surface area contributed by atoms with Crippen LogP contribution in [0.5, 0.6) is 11.5 Å². The van der Waals surface area contributed by atoms with E-state index in [1.807, 2.05) is 43.7 Å². The predicted octanol–water partition coefficient (Wildman–Crippen LogP) is 1.95. The molecule has 0 aliphatic rings. The summed E-state index contributed by atoms with van der Waals surface area (Å²) in [4.78, 5) is 18.4. The van der Waals surface area contributed by atoms with Crippen molar-refractivity contribution in [2.45, 2.75) is 13.0 Å². The second-order valence-corrected chi connectivity index (χ2v) is 6.46. The van der Waals surface area contributed by atoms with Gasteiger partial charge >= 0.3 is 0 Å². The largest absolute Gasteiger partial charge is 0.497 e. The van der Waals surface area contributed by atoms with E-state index in [1.54, 1.807) is 18.4 Å². The summed E-state index contributed by atoms with van der Waals surface area (Å²) in [5.41, 5.74) is 0.811. The summed E-state index contributed by atoms with van der Waals surface area (Å²) >= 11 is 1.58. The molecule has 0 radical (unpaired) electrons. The Labute approximate surface area is 146 Å². The van der Waals surface area contributed by atoms with Gasteiger partial charge in [-0.25, -0.2) is 4.98 Å². The predicted molar refractivity (Wildman–Crippen MR) is 94.7 cm³/mol. The van der Waals surface area contributed by atoms with E-state index in [-0.39, 0.29) is 5.91 Å². The number of hydrogen-bond donors (Lipinski definition) is 1. The average Bonchev–Trinajstić information content (AvgIpc) is 2.98. The lowest BCUT2D eigenvalue weighted by atomic mass is 10.3. The topological polar surface area (TPSA) is 63.7 Å². The van der Waals surface area contributed by atoms with Crippen LogP contribution in [0.4, 0.5) is 0 Å². The lowest BCUT2D eigenvalue weighted by Gasteiger charge is -2.08. The highest BCUT2D eigenvalue weighted by molar-refractivity contribution is 7.09. The zero-order valence-electron chi connectivity index (χ0n) is 14.2. The Bertz CT molecular complexity index is 641. The minimum absolute atomic E-state index is 0.0463. The number of nitrogens with one attached hydrogen (secondary N) is 1. The van der Waals surface area contributed by atoms with Crippen LogP contribution in [0, 0.1) is 0 Å². The van der Waals surface area contributed by atoms with Crippen LogP contribution in [-0.4, -0.2) is 50.1 Å². The number of methoxy groups -OCH3 is 1. The van der Waals surface area contributed by atoms with E-state index in [0.717, 1.165) is 28.7 Å². The lowest BCUT2D eigenvalue weighted by molar-refractivity contribution is -0.120. The first-order chi connectivity index (χ1) is 11.6. The molecule has 0 unspecified atom stereocenters. The summed E-state index contributed by atoms with van der Waals surface area (Å²) in [6.45, 7) is 1.67. The first-order valence-corrected chi connectivity index (χ1v) is 8.56. The normalized spacial score (nSPS) is 10.7. The molecule has 0 fully saturated rings. The molecule has 0 aliphatic heterocycles. The van der Waals surface area contributed by atoms with Crippen LogP contribution in [0.3, 0.4) is 0 Å². The van der Waals surface area contributed by atoms with Crippen LogP contribution in [-0.2, 0) is 17.8 Å². The summed E-state index contributed by atoms with van der Waals surface area (Å²) in [6.07, 6.45) is 0.298. The fraction of sp³-hybridized carbons (Fsp3) is 0.412. The van der Waals surface area contributed by atoms with Crippen LogP contribution >= 0.6 is 11.3 Å². The molecule has 7 heteroatoms. The van der Waals surface area contributed by atoms with Crippen molar-refractivity contribution in [1.29, 1.82) is 0 Å². The molecule has 130 valence electrons. The number of carbonyl (C=O) groups excluding carboxylic acids is 1. The number of thiazole rings is 1. The third kappa shape index (κ3) is 6.17. The lowest BCUT2D eigenvalue weighted by Crippen LogP contribution is -2.29. The Morgan fingerprint density at radius 2 is 1.96 bits per heavy atom. The van der Waals surface area contributed by atoms with Gasteiger partial charge in [-0.15, -0.1) is 11.3 Å². The maximum absolute atomic E-state index is 11.9. The van der Waals surface area contributed by atoms with Gasteiger partial charge in [0.05, 0.1) is 25.8 Å². The number of nitrogens with zero attached hydrogens (tertiary/aromatic N) is 2. The number of carbonyl (C=O) groups is 1. The second-order valence-electron chi connectivity index (χ2n) is 5.52. The molecule has 1 amide bonds. The van der Waals surface area contributed by atoms with Gasteiger partial charge in [0.25, 0.3) is 0 Å². The standard InChI is InChI=1S/C17H23N3O3S/c1-20(2)11-17-19-13(12-24-17)10-16(21)18-8-9-23-15-6-4-14(22-3)5-7-15/h4-7,12H,8-11H2,1-3H3,(H,18,21). The number of rotatable bonds is 9. The molecule has 2 aromatic rings. The van der Waals surface area contributed by atoms with Crippen molar-refractivity contribution in [3.05, 3.63) is 40.3 Å². The van der Waals surface area contributed by atoms with Gasteiger partial charge in [-0.1, -0.05) is 0 Å². The number of amides is 1. The van der Waals surface area contributed by atoms with Crippen molar-refractivity contribution in [1.82, 2.24) is 15.2 Å². The molecule has 0 spiro atoms. The first kappa shape index (κ1) is 18.2. The molecule has 1 heterocycles. The fourth-order valence-electron chi connectivity index (χ4n) is 2.03. The maximum atomic E-state index is 11.9. The van der Waals surface area contributed by atoms with Gasteiger partial charge in [0.2, 0.25) is 5.91 Å². The van der Waals surface area contributed by atoms with Crippen LogP contribution in [0.25, 0.3) is 0 Å². The molecule has 2 rings (SSSR count). The third-order valence-corrected chi connectivity index (χ3v) is 4.03. The van der Waals surface area contributed by atoms with Crippen molar-refractivity contribution in [2.24, 2.45) is 0 Å². The van der Waals surface area contributed by atoms with Gasteiger partial charge in [-0.2, -0.15) is 0 Å². The summed E-state index contributed by atoms with van der Waals surface area (Å²) in [5, 5.41) is 5.80. The molecular weight excluding hydrogens is 326 g/mol. The van der Waals surface area contributed by atoms with E-state index >= 15 is 0 Å². The fourth-order valence-corrected chi connectivity index (χ4v) is 2.94. The molecule has 1 N–H and O–H groups in total. The zero-order valence-corrected chi connectivity index (χ0v) is 15.1. The summed E-state index contributed by atoms with van der Waals surface area (Å²) < 4.78 is 10.7. The number of ether oxygens (including phenoxy) is 2. The van der Waals surface area contributed by atoms with E-state index in [1.165, 1.54) is 0 Å². The van der Waals surface area contributed by atoms with Gasteiger partial charge in [0, 0.05) is 11.9 Å². The quantitative estimate of drug-likeness (QED) is 0.701. The van der Waals surface area contributed by atoms with E-state index in [2.05, 4.69) is 15.2 Å². The molecule has 0 saturated heterocycles. The first-order valence-electron chi connectivity index (χ1n) is 7.68. The second kappa shape index (κ2) is 9.24. The Morgan fingerprint density at radius 3 is 2.62 bits per heavy atom. The summed E-state index contributed by atoms with van der Waals surface area (Å²) in [5.74, 6) is 1.49. The van der Waals surface area contributed by atoms with Gasteiger partial charge in [0.15, 0.2) is 0 Å². The van der Waals surface area contributed by atoms with Crippen molar-refractivity contribution in [3.63, 3.8) is 0 Å².